The van der Waals surface area contributed by atoms with Crippen molar-refractivity contribution in [3.8, 4) is 0 Å². The molecule has 4 heteroatoms. The van der Waals surface area contributed by atoms with Crippen LogP contribution < -0.4 is 0 Å². The van der Waals surface area contributed by atoms with E-state index >= 15 is 0 Å². The maximum atomic E-state index is 10.5. The lowest BCUT2D eigenvalue weighted by Crippen LogP contribution is -1.90. The van der Waals surface area contributed by atoms with Crippen LogP contribution >= 0.6 is 0 Å². The minimum Gasteiger partial charge on any atom is -0.331 e. The molecule has 0 radical (unpaired) electrons. The van der Waals surface area contributed by atoms with Crippen molar-refractivity contribution in [2.24, 2.45) is 0 Å². The number of Topliss-reactive ketones (excluding diaryl/α,β-unsaturated/α-hetero) is 1. The van der Waals surface area contributed by atoms with Crippen LogP contribution in [0.4, 0.5) is 0 Å². The second-order valence-electron chi connectivity index (χ2n) is 1.70. The van der Waals surface area contributed by atoms with Crippen molar-refractivity contribution in [1.29, 1.82) is 0 Å². The number of carbonyl (C=O) groups excluding carboxylic acids is 1. The molecule has 1 aromatic heterocycles. The van der Waals surface area contributed by atoms with E-state index in [0.717, 1.165) is 0 Å². The third-order valence-corrected chi connectivity index (χ3v) is 0.829. The first-order valence-corrected chi connectivity index (χ1v) is 2.51. The van der Waals surface area contributed by atoms with E-state index in [0.29, 0.717) is 5.82 Å². The van der Waals surface area contributed by atoms with Gasteiger partial charge in [0, 0.05) is 6.92 Å². The largest absolute Gasteiger partial charge is 0.331 e. The van der Waals surface area contributed by atoms with Gasteiger partial charge in [-0.15, -0.1) is 0 Å². The third kappa shape index (κ3) is 1.13. The van der Waals surface area contributed by atoms with E-state index in [1.54, 1.807) is 6.92 Å². The van der Waals surface area contributed by atoms with Gasteiger partial charge in [0.2, 0.25) is 5.78 Å². The van der Waals surface area contributed by atoms with Crippen LogP contribution in [0.25, 0.3) is 0 Å². The Bertz CT molecular complexity index is 229. The number of aryl methyl sites for hydroxylation is 1. The smallest absolute Gasteiger partial charge is 0.293 e. The second kappa shape index (κ2) is 1.97. The number of hydrogen-bond acceptors (Lipinski definition) is 4. The van der Waals surface area contributed by atoms with Crippen LogP contribution in [0.5, 0.6) is 0 Å². The number of aromatic nitrogens is 2. The first kappa shape index (κ1) is 5.94. The molecule has 0 fully saturated rings. The average Bonchev–Trinajstić information content (AvgIpc) is 2.14. The molecule has 1 rings (SSSR count). The molecule has 0 saturated heterocycles. The fourth-order valence-corrected chi connectivity index (χ4v) is 0.440. The Morgan fingerprint density at radius 2 is 2.33 bits per heavy atom. The molecule has 0 bridgehead atoms. The van der Waals surface area contributed by atoms with E-state index in [1.807, 2.05) is 0 Å². The fourth-order valence-electron chi connectivity index (χ4n) is 0.440. The van der Waals surface area contributed by atoms with Gasteiger partial charge in [-0.1, -0.05) is 5.16 Å². The summed E-state index contributed by atoms with van der Waals surface area (Å²) in [5.74, 6) is 0.364. The summed E-state index contributed by atoms with van der Waals surface area (Å²) in [6.45, 7) is 3.04. The molecule has 0 amide bonds. The monoisotopic (exact) mass is 126 g/mol. The maximum Gasteiger partial charge on any atom is 0.293 e. The molecule has 9 heavy (non-hydrogen) atoms. The van der Waals surface area contributed by atoms with Gasteiger partial charge < -0.3 is 4.52 Å². The molecule has 0 spiro atoms. The van der Waals surface area contributed by atoms with Gasteiger partial charge in [0.1, 0.15) is 0 Å². The standard InChI is InChI=1S/C5H6N2O2/c1-3(8)5-6-4(2)7-9-5/h1-2H3. The number of rotatable bonds is 1. The van der Waals surface area contributed by atoms with E-state index in [9.17, 15) is 4.79 Å². The molecule has 0 aliphatic carbocycles. The van der Waals surface area contributed by atoms with Gasteiger partial charge in [-0.25, -0.2) is 0 Å². The maximum absolute atomic E-state index is 10.5. The Kier molecular flexibility index (Phi) is 1.30. The Balaban J connectivity index is 2.98. The molecular formula is C5H6N2O2. The van der Waals surface area contributed by atoms with Gasteiger partial charge in [0.05, 0.1) is 0 Å². The molecule has 0 aliphatic rings. The first-order chi connectivity index (χ1) is 4.20. The number of ketones is 1. The molecule has 0 N–H and O–H groups in total. The van der Waals surface area contributed by atoms with E-state index in [1.165, 1.54) is 6.92 Å². The van der Waals surface area contributed by atoms with Gasteiger partial charge in [-0.05, 0) is 6.92 Å². The summed E-state index contributed by atoms with van der Waals surface area (Å²) in [6, 6.07) is 0. The summed E-state index contributed by atoms with van der Waals surface area (Å²) < 4.78 is 4.52. The topological polar surface area (TPSA) is 56.0 Å². The zero-order valence-electron chi connectivity index (χ0n) is 5.21. The van der Waals surface area contributed by atoms with Crippen LogP contribution in [0.3, 0.4) is 0 Å². The van der Waals surface area contributed by atoms with Crippen molar-refractivity contribution in [2.45, 2.75) is 13.8 Å². The molecule has 0 aliphatic heterocycles. The lowest BCUT2D eigenvalue weighted by Gasteiger charge is -1.75. The lowest BCUT2D eigenvalue weighted by atomic mass is 10.5. The van der Waals surface area contributed by atoms with Gasteiger partial charge in [0.25, 0.3) is 5.89 Å². The highest BCUT2D eigenvalue weighted by molar-refractivity contribution is 5.89. The van der Waals surface area contributed by atoms with Gasteiger partial charge in [0.15, 0.2) is 5.82 Å². The van der Waals surface area contributed by atoms with E-state index in [4.69, 9.17) is 0 Å². The van der Waals surface area contributed by atoms with Gasteiger partial charge >= 0.3 is 0 Å². The SMILES string of the molecule is CC(=O)c1nc(C)no1. The van der Waals surface area contributed by atoms with Crippen molar-refractivity contribution in [2.75, 3.05) is 0 Å². The Morgan fingerprint density at radius 3 is 2.56 bits per heavy atom. The molecule has 0 atom stereocenters. The number of hydrogen-bond donors (Lipinski definition) is 0. The molecule has 0 saturated carbocycles. The highest BCUT2D eigenvalue weighted by Crippen LogP contribution is 1.94. The quantitative estimate of drug-likeness (QED) is 0.516. The third-order valence-electron chi connectivity index (χ3n) is 0.829. The molecule has 0 unspecified atom stereocenters. The predicted octanol–water partition coefficient (Wildman–Crippen LogP) is 0.581. The number of carbonyl (C=O) groups is 1. The number of nitrogens with zero attached hydrogens (tertiary/aromatic N) is 2. The van der Waals surface area contributed by atoms with E-state index in [2.05, 4.69) is 14.7 Å². The fraction of sp³-hybridized carbons (Fsp3) is 0.400. The second-order valence-corrected chi connectivity index (χ2v) is 1.70. The molecule has 1 aromatic rings. The summed E-state index contributed by atoms with van der Waals surface area (Å²) in [5.41, 5.74) is 0. The van der Waals surface area contributed by atoms with Crippen LogP contribution in [0, 0.1) is 6.92 Å². The summed E-state index contributed by atoms with van der Waals surface area (Å²) in [4.78, 5) is 14.1. The minimum absolute atomic E-state index is 0.0764. The Hall–Kier alpha value is -1.19. The summed E-state index contributed by atoms with van der Waals surface area (Å²) in [5, 5.41) is 3.43. The average molecular weight is 126 g/mol. The zero-order valence-corrected chi connectivity index (χ0v) is 5.21. The van der Waals surface area contributed by atoms with Crippen molar-refractivity contribution >= 4 is 5.78 Å². The zero-order chi connectivity index (χ0) is 6.85. The van der Waals surface area contributed by atoms with Crippen LogP contribution in [-0.2, 0) is 0 Å². The highest BCUT2D eigenvalue weighted by atomic mass is 16.5. The summed E-state index contributed by atoms with van der Waals surface area (Å²) in [6.07, 6.45) is 0. The van der Waals surface area contributed by atoms with Crippen molar-refractivity contribution in [1.82, 2.24) is 10.1 Å². The summed E-state index contributed by atoms with van der Waals surface area (Å²) >= 11 is 0. The summed E-state index contributed by atoms with van der Waals surface area (Å²) in [7, 11) is 0. The van der Waals surface area contributed by atoms with Crippen molar-refractivity contribution < 1.29 is 9.32 Å². The normalized spacial score (nSPS) is 9.56. The van der Waals surface area contributed by atoms with E-state index in [-0.39, 0.29) is 11.7 Å². The van der Waals surface area contributed by atoms with Crippen molar-refractivity contribution in [3.63, 3.8) is 0 Å². The first-order valence-electron chi connectivity index (χ1n) is 2.51. The van der Waals surface area contributed by atoms with Crippen molar-refractivity contribution in [3.05, 3.63) is 11.7 Å². The van der Waals surface area contributed by atoms with Gasteiger partial charge in [-0.2, -0.15) is 4.98 Å². The molecular weight excluding hydrogens is 120 g/mol. The molecule has 1 heterocycles. The van der Waals surface area contributed by atoms with Crippen LogP contribution in [0.15, 0.2) is 4.52 Å². The van der Waals surface area contributed by atoms with Crippen LogP contribution in [0.2, 0.25) is 0 Å². The lowest BCUT2D eigenvalue weighted by molar-refractivity contribution is 0.0972. The van der Waals surface area contributed by atoms with E-state index < -0.39 is 0 Å². The predicted molar refractivity (Wildman–Crippen MR) is 29.0 cm³/mol. The minimum atomic E-state index is -0.199. The Labute approximate surface area is 51.9 Å². The Morgan fingerprint density at radius 1 is 1.67 bits per heavy atom. The highest BCUT2D eigenvalue weighted by Gasteiger charge is 2.05. The van der Waals surface area contributed by atoms with Crippen LogP contribution in [-0.4, -0.2) is 15.9 Å². The van der Waals surface area contributed by atoms with Gasteiger partial charge in [-0.3, -0.25) is 4.79 Å². The van der Waals surface area contributed by atoms with Crippen LogP contribution in [0.1, 0.15) is 23.4 Å². The molecule has 0 aromatic carbocycles. The molecule has 48 valence electrons. The molecule has 4 nitrogen and oxygen atoms in total.